The molecule has 0 aliphatic rings. The molecule has 0 bridgehead atoms. The first-order valence-corrected chi connectivity index (χ1v) is 5.73. The lowest BCUT2D eigenvalue weighted by atomic mass is 10.1. The fourth-order valence-electron chi connectivity index (χ4n) is 1.15. The molecule has 3 heteroatoms. The summed E-state index contributed by atoms with van der Waals surface area (Å²) in [5.41, 5.74) is 0. The topological polar surface area (TPSA) is 53.1 Å². The number of aldehydes is 1. The van der Waals surface area contributed by atoms with Crippen LogP contribution in [0.15, 0.2) is 36.4 Å². The van der Waals surface area contributed by atoms with E-state index in [9.17, 15) is 4.79 Å². The number of unbranched alkanes of at least 4 members (excludes halogenated alkanes) is 4. The van der Waals surface area contributed by atoms with E-state index in [1.807, 2.05) is 24.5 Å². The molecule has 0 unspecified atom stereocenters. The average Bonchev–Trinajstić information content (AvgIpc) is 2.87. The number of aliphatic hydroxyl groups excluding tert-OH is 1. The van der Waals surface area contributed by atoms with Crippen molar-refractivity contribution >= 4 is 6.29 Å². The minimum atomic E-state index is -0.138. The van der Waals surface area contributed by atoms with Crippen LogP contribution in [0.25, 0.3) is 0 Å². The first-order valence-electron chi connectivity index (χ1n) is 5.73. The van der Waals surface area contributed by atoms with E-state index in [-0.39, 0.29) is 5.76 Å². The lowest BCUT2D eigenvalue weighted by Gasteiger charge is -1.93. The summed E-state index contributed by atoms with van der Waals surface area (Å²) in [5.74, 6) is -0.138. The smallest absolute Gasteiger partial charge is 0.184 e. The zero-order valence-electron chi connectivity index (χ0n) is 9.86. The Balaban J connectivity index is 0.000000368. The van der Waals surface area contributed by atoms with Gasteiger partial charge in [-0.2, -0.15) is 0 Å². The van der Waals surface area contributed by atoms with E-state index in [4.69, 9.17) is 5.11 Å². The summed E-state index contributed by atoms with van der Waals surface area (Å²) in [6.45, 7) is 2.15. The van der Waals surface area contributed by atoms with E-state index in [0.717, 1.165) is 12.8 Å². The summed E-state index contributed by atoms with van der Waals surface area (Å²) in [7, 11) is 0. The molecule has 1 heterocycles. The number of H-pyrrole nitrogens is 1. The van der Waals surface area contributed by atoms with Crippen LogP contribution in [0.5, 0.6) is 0 Å². The van der Waals surface area contributed by atoms with Crippen molar-refractivity contribution in [1.29, 1.82) is 0 Å². The van der Waals surface area contributed by atoms with Crippen LogP contribution in [-0.4, -0.2) is 16.4 Å². The number of carbonyl (C=O) groups excluding carboxylic acids is 1. The first-order chi connectivity index (χ1) is 7.81. The minimum Gasteiger partial charge on any atom is -0.505 e. The van der Waals surface area contributed by atoms with Crippen LogP contribution in [0.2, 0.25) is 0 Å². The number of allylic oxidation sites excluding steroid dienone is 2. The summed E-state index contributed by atoms with van der Waals surface area (Å²) >= 11 is 0. The minimum absolute atomic E-state index is 0.138. The third kappa shape index (κ3) is 10.6. The number of carbonyl (C=O) groups is 1. The van der Waals surface area contributed by atoms with Crippen LogP contribution >= 0.6 is 0 Å². The van der Waals surface area contributed by atoms with E-state index < -0.39 is 0 Å². The maximum absolute atomic E-state index is 9.91. The molecule has 3 nitrogen and oxygen atoms in total. The van der Waals surface area contributed by atoms with Crippen molar-refractivity contribution in [2.45, 2.75) is 39.0 Å². The average molecular weight is 223 g/mol. The quantitative estimate of drug-likeness (QED) is 0.335. The predicted octanol–water partition coefficient (Wildman–Crippen LogP) is 3.61. The van der Waals surface area contributed by atoms with E-state index in [1.54, 1.807) is 6.08 Å². The molecule has 0 saturated heterocycles. The molecule has 1 aromatic rings. The molecule has 0 fully saturated rings. The second-order valence-corrected chi connectivity index (χ2v) is 3.48. The van der Waals surface area contributed by atoms with Crippen molar-refractivity contribution in [2.75, 3.05) is 0 Å². The zero-order valence-corrected chi connectivity index (χ0v) is 9.86. The normalized spacial score (nSPS) is 10.4. The number of hydrogen-bond donors (Lipinski definition) is 2. The van der Waals surface area contributed by atoms with Crippen LogP contribution < -0.4 is 0 Å². The second-order valence-electron chi connectivity index (χ2n) is 3.48. The van der Waals surface area contributed by atoms with Gasteiger partial charge in [0, 0.05) is 12.4 Å². The predicted molar refractivity (Wildman–Crippen MR) is 66.3 cm³/mol. The Kier molecular flexibility index (Phi) is 10.5. The summed E-state index contributed by atoms with van der Waals surface area (Å²) in [4.78, 5) is 12.8. The van der Waals surface area contributed by atoms with Crippen LogP contribution in [0.3, 0.4) is 0 Å². The van der Waals surface area contributed by atoms with Crippen LogP contribution in [0.4, 0.5) is 0 Å². The van der Waals surface area contributed by atoms with Gasteiger partial charge in [0.1, 0.15) is 0 Å². The molecule has 0 aliphatic heterocycles. The second kappa shape index (κ2) is 11.6. The Bertz CT molecular complexity index is 248. The summed E-state index contributed by atoms with van der Waals surface area (Å²) in [5, 5.41) is 8.71. The lowest BCUT2D eigenvalue weighted by molar-refractivity contribution is -0.107. The van der Waals surface area contributed by atoms with Crippen LogP contribution in [0, 0.1) is 0 Å². The number of aromatic nitrogens is 1. The van der Waals surface area contributed by atoms with Crippen molar-refractivity contribution in [3.8, 4) is 0 Å². The standard InChI is InChI=1S/C9H16O2.C4H5N/c1-2-3-4-5-6-7-9(11)8-10;1-2-4-5-3-1/h7-8,11H,2-6H2,1H3;1-5H/b9-7-;. The van der Waals surface area contributed by atoms with Gasteiger partial charge in [0.15, 0.2) is 12.0 Å². The van der Waals surface area contributed by atoms with E-state index >= 15 is 0 Å². The van der Waals surface area contributed by atoms with Crippen molar-refractivity contribution < 1.29 is 9.90 Å². The maximum atomic E-state index is 9.91. The lowest BCUT2D eigenvalue weighted by Crippen LogP contribution is -1.81. The van der Waals surface area contributed by atoms with Gasteiger partial charge in [0.2, 0.25) is 0 Å². The van der Waals surface area contributed by atoms with Crippen molar-refractivity contribution in [2.24, 2.45) is 0 Å². The highest BCUT2D eigenvalue weighted by Gasteiger charge is 1.88. The summed E-state index contributed by atoms with van der Waals surface area (Å²) < 4.78 is 0. The molecular weight excluding hydrogens is 202 g/mol. The molecule has 2 N–H and O–H groups in total. The largest absolute Gasteiger partial charge is 0.505 e. The molecule has 0 atom stereocenters. The Labute approximate surface area is 97.2 Å². The molecule has 0 spiro atoms. The van der Waals surface area contributed by atoms with Gasteiger partial charge >= 0.3 is 0 Å². The molecule has 0 aliphatic carbocycles. The molecule has 90 valence electrons. The third-order valence-corrected chi connectivity index (χ3v) is 2.03. The highest BCUT2D eigenvalue weighted by Crippen LogP contribution is 2.03. The fourth-order valence-corrected chi connectivity index (χ4v) is 1.15. The van der Waals surface area contributed by atoms with Gasteiger partial charge in [-0.1, -0.05) is 26.2 Å². The highest BCUT2D eigenvalue weighted by molar-refractivity contribution is 5.69. The van der Waals surface area contributed by atoms with E-state index in [0.29, 0.717) is 6.29 Å². The van der Waals surface area contributed by atoms with Gasteiger partial charge in [-0.15, -0.1) is 0 Å². The fraction of sp³-hybridized carbons (Fsp3) is 0.462. The number of aliphatic hydroxyl groups is 1. The van der Waals surface area contributed by atoms with Gasteiger partial charge in [0.25, 0.3) is 0 Å². The molecule has 0 saturated carbocycles. The van der Waals surface area contributed by atoms with Gasteiger partial charge in [-0.05, 0) is 31.1 Å². The van der Waals surface area contributed by atoms with Crippen molar-refractivity contribution in [3.05, 3.63) is 36.4 Å². The van der Waals surface area contributed by atoms with Crippen LogP contribution in [-0.2, 0) is 4.79 Å². The highest BCUT2D eigenvalue weighted by atomic mass is 16.3. The third-order valence-electron chi connectivity index (χ3n) is 2.03. The van der Waals surface area contributed by atoms with Gasteiger partial charge < -0.3 is 10.1 Å². The Morgan fingerprint density at radius 1 is 1.25 bits per heavy atom. The van der Waals surface area contributed by atoms with E-state index in [2.05, 4.69) is 11.9 Å². The SMILES string of the molecule is CCCCCC/C=C(\O)C=O.c1cc[nH]c1. The van der Waals surface area contributed by atoms with Crippen LogP contribution in [0.1, 0.15) is 39.0 Å². The molecule has 0 radical (unpaired) electrons. The molecule has 1 aromatic heterocycles. The van der Waals surface area contributed by atoms with Crippen molar-refractivity contribution in [3.63, 3.8) is 0 Å². The summed E-state index contributed by atoms with van der Waals surface area (Å²) in [6.07, 6.45) is 11.3. The number of hydrogen-bond acceptors (Lipinski definition) is 2. The zero-order chi connectivity index (χ0) is 12.1. The summed E-state index contributed by atoms with van der Waals surface area (Å²) in [6, 6.07) is 3.89. The van der Waals surface area contributed by atoms with Crippen molar-refractivity contribution in [1.82, 2.24) is 4.98 Å². The Morgan fingerprint density at radius 2 is 1.94 bits per heavy atom. The molecule has 16 heavy (non-hydrogen) atoms. The maximum Gasteiger partial charge on any atom is 0.184 e. The number of rotatable bonds is 6. The molecule has 0 aromatic carbocycles. The number of aromatic amines is 1. The van der Waals surface area contributed by atoms with Gasteiger partial charge in [-0.3, -0.25) is 4.79 Å². The molecule has 0 amide bonds. The Hall–Kier alpha value is -1.51. The molecule has 1 rings (SSSR count). The van der Waals surface area contributed by atoms with Gasteiger partial charge in [-0.25, -0.2) is 0 Å². The Morgan fingerprint density at radius 3 is 2.38 bits per heavy atom. The van der Waals surface area contributed by atoms with Gasteiger partial charge in [0.05, 0.1) is 0 Å². The monoisotopic (exact) mass is 223 g/mol. The molecular formula is C13H21NO2. The number of nitrogens with one attached hydrogen (secondary N) is 1. The first kappa shape index (κ1) is 14.5. The van der Waals surface area contributed by atoms with E-state index in [1.165, 1.54) is 19.3 Å².